The number of benzene rings is 1. The van der Waals surface area contributed by atoms with Crippen LogP contribution in [0, 0.1) is 0 Å². The molecule has 2 N–H and O–H groups in total. The Morgan fingerprint density at radius 3 is 3.00 bits per heavy atom. The van der Waals surface area contributed by atoms with Gasteiger partial charge in [0.25, 0.3) is 0 Å². The van der Waals surface area contributed by atoms with Crippen LogP contribution in [-0.4, -0.2) is 19.3 Å². The molecule has 2 rings (SSSR count). The zero-order valence-corrected chi connectivity index (χ0v) is 8.12. The lowest BCUT2D eigenvalue weighted by molar-refractivity contribution is 0.287. The molecule has 3 heteroatoms. The van der Waals surface area contributed by atoms with Crippen LogP contribution in [0.3, 0.4) is 0 Å². The Kier molecular flexibility index (Phi) is 2.57. The Bertz CT molecular complexity index is 314. The lowest BCUT2D eigenvalue weighted by Gasteiger charge is -2.31. The summed E-state index contributed by atoms with van der Waals surface area (Å²) >= 11 is 0. The fourth-order valence-electron chi connectivity index (χ4n) is 1.88. The molecule has 1 aliphatic rings. The third-order valence-corrected chi connectivity index (χ3v) is 2.60. The Morgan fingerprint density at radius 1 is 1.43 bits per heavy atom. The monoisotopic (exact) mass is 194 g/mol. The third-order valence-electron chi connectivity index (χ3n) is 2.60. The van der Waals surface area contributed by atoms with Crippen LogP contribution in [0.15, 0.2) is 24.3 Å². The number of nitrogens with zero attached hydrogens (tertiary/aromatic N) is 1. The molecule has 0 amide bonds. The first-order valence-electron chi connectivity index (χ1n) is 5.00. The highest BCUT2D eigenvalue weighted by Gasteiger charge is 2.18. The van der Waals surface area contributed by atoms with E-state index in [0.29, 0.717) is 13.0 Å². The zero-order valence-electron chi connectivity index (χ0n) is 8.12. The van der Waals surface area contributed by atoms with Crippen molar-refractivity contribution in [3.05, 3.63) is 24.3 Å². The largest absolute Gasteiger partial charge is 0.399 e. The third kappa shape index (κ3) is 1.97. The van der Waals surface area contributed by atoms with Crippen LogP contribution in [-0.2, 0) is 0 Å². The van der Waals surface area contributed by atoms with Gasteiger partial charge in [0.05, 0.1) is 0 Å². The molecule has 2 nitrogen and oxygen atoms in total. The fourth-order valence-corrected chi connectivity index (χ4v) is 1.88. The average molecular weight is 194 g/mol. The van der Waals surface area contributed by atoms with Gasteiger partial charge in [-0.25, -0.2) is 4.39 Å². The first-order valence-corrected chi connectivity index (χ1v) is 5.00. The zero-order chi connectivity index (χ0) is 9.97. The van der Waals surface area contributed by atoms with Gasteiger partial charge in [0.1, 0.15) is 6.17 Å². The van der Waals surface area contributed by atoms with E-state index in [1.165, 1.54) is 0 Å². The molecule has 1 aromatic rings. The van der Waals surface area contributed by atoms with Crippen molar-refractivity contribution in [2.24, 2.45) is 0 Å². The smallest absolute Gasteiger partial charge is 0.118 e. The van der Waals surface area contributed by atoms with E-state index in [-0.39, 0.29) is 0 Å². The SMILES string of the molecule is Nc1cccc(N2CCCC(F)C2)c1. The predicted molar refractivity (Wildman–Crippen MR) is 57.2 cm³/mol. The van der Waals surface area contributed by atoms with E-state index in [2.05, 4.69) is 4.90 Å². The molecular formula is C11H15FN2. The number of nitrogens with two attached hydrogens (primary N) is 1. The molecule has 1 aliphatic heterocycles. The number of piperidine rings is 1. The summed E-state index contributed by atoms with van der Waals surface area (Å²) in [6.07, 6.45) is 0.930. The minimum atomic E-state index is -0.690. The molecule has 0 aliphatic carbocycles. The van der Waals surface area contributed by atoms with Gasteiger partial charge in [-0.1, -0.05) is 6.07 Å². The second kappa shape index (κ2) is 3.86. The predicted octanol–water partition coefficient (Wildman–Crippen LogP) is 2.21. The minimum Gasteiger partial charge on any atom is -0.399 e. The van der Waals surface area contributed by atoms with Crippen molar-refractivity contribution in [3.8, 4) is 0 Å². The highest BCUT2D eigenvalue weighted by atomic mass is 19.1. The van der Waals surface area contributed by atoms with Gasteiger partial charge in [0, 0.05) is 24.5 Å². The van der Waals surface area contributed by atoms with Crippen molar-refractivity contribution in [1.82, 2.24) is 0 Å². The molecule has 1 heterocycles. The summed E-state index contributed by atoms with van der Waals surface area (Å²) in [5, 5.41) is 0. The summed E-state index contributed by atoms with van der Waals surface area (Å²) in [5.41, 5.74) is 7.45. The average Bonchev–Trinajstić information content (AvgIpc) is 2.18. The van der Waals surface area contributed by atoms with Crippen molar-refractivity contribution < 1.29 is 4.39 Å². The molecule has 1 unspecified atom stereocenters. The number of anilines is 2. The number of hydrogen-bond donors (Lipinski definition) is 1. The van der Waals surface area contributed by atoms with Crippen molar-refractivity contribution in [2.45, 2.75) is 19.0 Å². The lowest BCUT2D eigenvalue weighted by atomic mass is 10.1. The summed E-state index contributed by atoms with van der Waals surface area (Å²) < 4.78 is 13.1. The first-order chi connectivity index (χ1) is 6.75. The maximum Gasteiger partial charge on any atom is 0.118 e. The Morgan fingerprint density at radius 2 is 2.29 bits per heavy atom. The van der Waals surface area contributed by atoms with Gasteiger partial charge >= 0.3 is 0 Å². The summed E-state index contributed by atoms with van der Waals surface area (Å²) in [5.74, 6) is 0. The van der Waals surface area contributed by atoms with Crippen LogP contribution >= 0.6 is 0 Å². The van der Waals surface area contributed by atoms with Crippen LogP contribution in [0.2, 0.25) is 0 Å². The van der Waals surface area contributed by atoms with Gasteiger partial charge in [-0.3, -0.25) is 0 Å². The topological polar surface area (TPSA) is 29.3 Å². The second-order valence-electron chi connectivity index (χ2n) is 3.78. The van der Waals surface area contributed by atoms with Crippen LogP contribution in [0.5, 0.6) is 0 Å². The molecule has 1 fully saturated rings. The van der Waals surface area contributed by atoms with E-state index < -0.39 is 6.17 Å². The molecule has 1 atom stereocenters. The maximum atomic E-state index is 13.1. The van der Waals surface area contributed by atoms with Crippen molar-refractivity contribution in [3.63, 3.8) is 0 Å². The molecule has 0 aromatic heterocycles. The first kappa shape index (κ1) is 9.31. The summed E-state index contributed by atoms with van der Waals surface area (Å²) in [4.78, 5) is 2.06. The van der Waals surface area contributed by atoms with E-state index in [1.807, 2.05) is 24.3 Å². The molecule has 1 saturated heterocycles. The summed E-state index contributed by atoms with van der Waals surface area (Å²) in [6.45, 7) is 1.44. The highest BCUT2D eigenvalue weighted by molar-refractivity contribution is 5.56. The second-order valence-corrected chi connectivity index (χ2v) is 3.78. The molecule has 0 saturated carbocycles. The number of halogens is 1. The molecule has 0 radical (unpaired) electrons. The highest BCUT2D eigenvalue weighted by Crippen LogP contribution is 2.22. The number of hydrogen-bond acceptors (Lipinski definition) is 2. The van der Waals surface area contributed by atoms with E-state index in [9.17, 15) is 4.39 Å². The van der Waals surface area contributed by atoms with Crippen LogP contribution in [0.1, 0.15) is 12.8 Å². The molecular weight excluding hydrogens is 179 g/mol. The van der Waals surface area contributed by atoms with E-state index in [1.54, 1.807) is 0 Å². The van der Waals surface area contributed by atoms with Gasteiger partial charge < -0.3 is 10.6 Å². The lowest BCUT2D eigenvalue weighted by Crippen LogP contribution is -2.36. The van der Waals surface area contributed by atoms with E-state index in [0.717, 1.165) is 24.3 Å². The van der Waals surface area contributed by atoms with E-state index in [4.69, 9.17) is 5.73 Å². The van der Waals surface area contributed by atoms with Crippen molar-refractivity contribution in [2.75, 3.05) is 23.7 Å². The van der Waals surface area contributed by atoms with Gasteiger partial charge in [-0.2, -0.15) is 0 Å². The minimum absolute atomic E-state index is 0.503. The van der Waals surface area contributed by atoms with Gasteiger partial charge in [-0.15, -0.1) is 0 Å². The van der Waals surface area contributed by atoms with E-state index >= 15 is 0 Å². The Hall–Kier alpha value is -1.25. The quantitative estimate of drug-likeness (QED) is 0.694. The number of alkyl halides is 1. The molecule has 0 bridgehead atoms. The number of rotatable bonds is 1. The molecule has 76 valence electrons. The van der Waals surface area contributed by atoms with Crippen LogP contribution in [0.25, 0.3) is 0 Å². The van der Waals surface area contributed by atoms with Crippen molar-refractivity contribution >= 4 is 11.4 Å². The molecule has 0 spiro atoms. The standard InChI is InChI=1S/C11H15FN2/c12-9-3-2-6-14(8-9)11-5-1-4-10(13)7-11/h1,4-5,7,9H,2-3,6,8,13H2. The van der Waals surface area contributed by atoms with Gasteiger partial charge in [0.2, 0.25) is 0 Å². The van der Waals surface area contributed by atoms with Gasteiger partial charge in [-0.05, 0) is 31.0 Å². The van der Waals surface area contributed by atoms with Crippen LogP contribution in [0.4, 0.5) is 15.8 Å². The van der Waals surface area contributed by atoms with Crippen LogP contribution < -0.4 is 10.6 Å². The summed E-state index contributed by atoms with van der Waals surface area (Å²) in [6, 6.07) is 7.64. The number of nitrogen functional groups attached to an aromatic ring is 1. The normalized spacial score (nSPS) is 22.4. The Balaban J connectivity index is 2.14. The maximum absolute atomic E-state index is 13.1. The van der Waals surface area contributed by atoms with Gasteiger partial charge in [0.15, 0.2) is 0 Å². The Labute approximate surface area is 83.5 Å². The van der Waals surface area contributed by atoms with Crippen molar-refractivity contribution in [1.29, 1.82) is 0 Å². The fraction of sp³-hybridized carbons (Fsp3) is 0.455. The molecule has 1 aromatic carbocycles. The molecule has 14 heavy (non-hydrogen) atoms. The summed E-state index contributed by atoms with van der Waals surface area (Å²) in [7, 11) is 0.